The fraction of sp³-hybridized carbons (Fsp3) is 0.214. The minimum atomic E-state index is -4.70. The molecule has 0 bridgehead atoms. The molecule has 1 heterocycles. The Morgan fingerprint density at radius 2 is 1.83 bits per heavy atom. The lowest BCUT2D eigenvalue weighted by molar-refractivity contribution is -0.137. The average molecular weight is 605 g/mol. The zero-order valence-corrected chi connectivity index (χ0v) is 23.2. The van der Waals surface area contributed by atoms with Gasteiger partial charge in [0.05, 0.1) is 27.5 Å². The molecule has 3 aromatic carbocycles. The van der Waals surface area contributed by atoms with Crippen LogP contribution in [0, 0.1) is 0 Å². The molecule has 0 aromatic heterocycles. The third-order valence-electron chi connectivity index (χ3n) is 6.09. The number of aryl methyl sites for hydroxylation is 1. The second-order valence-electron chi connectivity index (χ2n) is 8.93. The number of carbonyl (C=O) groups excluding carboxylic acids is 2. The number of thioether (sulfide) groups is 1. The van der Waals surface area contributed by atoms with Crippen molar-refractivity contribution in [3.05, 3.63) is 87.9 Å². The molecular formula is C28H24ClF3N4O4S. The summed E-state index contributed by atoms with van der Waals surface area (Å²) in [5, 5.41) is 14.6. The molecule has 1 aliphatic rings. The Morgan fingerprint density at radius 3 is 2.49 bits per heavy atom. The number of rotatable bonds is 9. The van der Waals surface area contributed by atoms with Crippen molar-refractivity contribution >= 4 is 58.4 Å². The van der Waals surface area contributed by atoms with Gasteiger partial charge in [-0.1, -0.05) is 36.7 Å². The molecule has 0 saturated heterocycles. The van der Waals surface area contributed by atoms with Crippen LogP contribution in [-0.4, -0.2) is 41.0 Å². The number of fused-ring (bicyclic) bond motifs is 1. The zero-order valence-electron chi connectivity index (χ0n) is 21.6. The Hall–Kier alpha value is -4.03. The number of alkyl halides is 3. The molecule has 13 heteroatoms. The lowest BCUT2D eigenvalue weighted by Gasteiger charge is -2.15. The predicted octanol–water partition coefficient (Wildman–Crippen LogP) is 6.67. The predicted molar refractivity (Wildman–Crippen MR) is 152 cm³/mol. The highest BCUT2D eigenvalue weighted by atomic mass is 35.5. The van der Waals surface area contributed by atoms with E-state index in [1.165, 1.54) is 17.8 Å². The Labute approximate surface area is 242 Å². The first-order valence-corrected chi connectivity index (χ1v) is 13.8. The van der Waals surface area contributed by atoms with Crippen LogP contribution in [0.25, 0.3) is 0 Å². The van der Waals surface area contributed by atoms with Crippen LogP contribution in [0.15, 0.2) is 70.7 Å². The van der Waals surface area contributed by atoms with Crippen LogP contribution in [-0.2, 0) is 17.4 Å². The second kappa shape index (κ2) is 12.6. The van der Waals surface area contributed by atoms with Gasteiger partial charge in [0.1, 0.15) is 0 Å². The van der Waals surface area contributed by atoms with Crippen LogP contribution in [0.4, 0.5) is 29.3 Å². The van der Waals surface area contributed by atoms with E-state index in [4.69, 9.17) is 16.7 Å². The quantitative estimate of drug-likeness (QED) is 0.186. The van der Waals surface area contributed by atoms with Crippen molar-refractivity contribution in [1.29, 1.82) is 0 Å². The minimum Gasteiger partial charge on any atom is -0.478 e. The number of hydrogen-bond acceptors (Lipinski definition) is 5. The lowest BCUT2D eigenvalue weighted by atomic mass is 10.1. The number of carboxylic acid groups (broad SMARTS) is 1. The summed E-state index contributed by atoms with van der Waals surface area (Å²) in [6.07, 6.45) is -3.34. The number of nitrogens with one attached hydrogen (secondary N) is 2. The molecule has 4 rings (SSSR count). The maximum atomic E-state index is 13.1. The molecule has 41 heavy (non-hydrogen) atoms. The smallest absolute Gasteiger partial charge is 0.417 e. The molecule has 3 N–H and O–H groups in total. The molecule has 8 nitrogen and oxygen atoms in total. The van der Waals surface area contributed by atoms with Gasteiger partial charge in [0, 0.05) is 22.8 Å². The summed E-state index contributed by atoms with van der Waals surface area (Å²) in [7, 11) is 0. The van der Waals surface area contributed by atoms with Crippen LogP contribution in [0.2, 0.25) is 5.02 Å². The SMILES string of the molecule is CCCN1C(=O)/C(=N/NC(=O)Nc2cccc(C(F)(F)F)c2Cl)c2cc(SCCc3ccc(C(=O)O)cc3)ccc21. The first-order valence-electron chi connectivity index (χ1n) is 12.4. The monoisotopic (exact) mass is 604 g/mol. The summed E-state index contributed by atoms with van der Waals surface area (Å²) in [4.78, 5) is 39.1. The van der Waals surface area contributed by atoms with Gasteiger partial charge in [0.2, 0.25) is 0 Å². The maximum Gasteiger partial charge on any atom is 0.417 e. The molecule has 0 radical (unpaired) electrons. The molecule has 0 fully saturated rings. The van der Waals surface area contributed by atoms with Crippen LogP contribution in [0.5, 0.6) is 0 Å². The summed E-state index contributed by atoms with van der Waals surface area (Å²) in [5.41, 5.74) is 3.16. The van der Waals surface area contributed by atoms with E-state index in [1.54, 1.807) is 41.3 Å². The number of halogens is 4. The van der Waals surface area contributed by atoms with Crippen molar-refractivity contribution < 1.29 is 32.7 Å². The summed E-state index contributed by atoms with van der Waals surface area (Å²) in [5.74, 6) is -0.720. The summed E-state index contributed by atoms with van der Waals surface area (Å²) in [6.45, 7) is 2.34. The normalized spacial score (nSPS) is 13.8. The van der Waals surface area contributed by atoms with Crippen molar-refractivity contribution in [3.63, 3.8) is 0 Å². The van der Waals surface area contributed by atoms with E-state index in [2.05, 4.69) is 15.8 Å². The molecule has 3 aromatic rings. The van der Waals surface area contributed by atoms with E-state index in [-0.39, 0.29) is 17.0 Å². The Morgan fingerprint density at radius 1 is 1.10 bits per heavy atom. The number of carbonyl (C=O) groups is 3. The van der Waals surface area contributed by atoms with Gasteiger partial charge in [-0.15, -0.1) is 11.8 Å². The molecule has 3 amide bonds. The van der Waals surface area contributed by atoms with Crippen LogP contribution < -0.4 is 15.6 Å². The minimum absolute atomic E-state index is 0.00884. The Kier molecular flexibility index (Phi) is 9.24. The molecule has 0 atom stereocenters. The summed E-state index contributed by atoms with van der Waals surface area (Å²) in [6, 6.07) is 14.3. The standard InChI is InChI=1S/C28H24ClF3N4O4S/c1-2-13-36-22-11-10-18(41-14-12-16-6-8-17(9-7-16)26(38)39)15-19(22)24(25(36)37)34-35-27(40)33-21-5-3-4-20(23(21)29)28(30,31)32/h3-11,15H,2,12-14H2,1H3,(H,38,39)(H2,33,35,40)/b34-24+. The van der Waals surface area contributed by atoms with Crippen molar-refractivity contribution in [1.82, 2.24) is 5.43 Å². The van der Waals surface area contributed by atoms with Gasteiger partial charge >= 0.3 is 18.2 Å². The Bertz CT molecular complexity index is 1510. The van der Waals surface area contributed by atoms with Gasteiger partial charge in [-0.25, -0.2) is 15.0 Å². The van der Waals surface area contributed by atoms with Gasteiger partial charge in [-0.3, -0.25) is 4.79 Å². The van der Waals surface area contributed by atoms with Crippen LogP contribution in [0.3, 0.4) is 0 Å². The van der Waals surface area contributed by atoms with Crippen molar-refractivity contribution in [2.75, 3.05) is 22.5 Å². The van der Waals surface area contributed by atoms with Crippen LogP contribution in [0.1, 0.15) is 40.4 Å². The topological polar surface area (TPSA) is 111 Å². The number of hydrazone groups is 1. The second-order valence-corrected chi connectivity index (χ2v) is 10.5. The van der Waals surface area contributed by atoms with Gasteiger partial charge in [-0.2, -0.15) is 18.3 Å². The number of benzene rings is 3. The number of anilines is 2. The molecule has 214 valence electrons. The highest BCUT2D eigenvalue weighted by Gasteiger charge is 2.35. The van der Waals surface area contributed by atoms with Gasteiger partial charge in [0.25, 0.3) is 5.91 Å². The molecule has 1 aliphatic heterocycles. The number of aromatic carboxylic acids is 1. The van der Waals surface area contributed by atoms with Crippen LogP contribution >= 0.6 is 23.4 Å². The molecule has 0 unspecified atom stereocenters. The number of carboxylic acids is 1. The first-order chi connectivity index (χ1) is 19.5. The maximum absolute atomic E-state index is 13.1. The largest absolute Gasteiger partial charge is 0.478 e. The van der Waals surface area contributed by atoms with E-state index in [0.29, 0.717) is 36.4 Å². The fourth-order valence-corrected chi connectivity index (χ4v) is 5.36. The molecule has 0 saturated carbocycles. The Balaban J connectivity index is 1.48. The average Bonchev–Trinajstić information content (AvgIpc) is 3.18. The van der Waals surface area contributed by atoms with E-state index in [1.807, 2.05) is 13.0 Å². The molecular weight excluding hydrogens is 581 g/mol. The fourth-order valence-electron chi connectivity index (χ4n) is 4.14. The third-order valence-corrected chi connectivity index (χ3v) is 7.49. The highest BCUT2D eigenvalue weighted by molar-refractivity contribution is 7.99. The number of hydrogen-bond donors (Lipinski definition) is 3. The lowest BCUT2D eigenvalue weighted by Crippen LogP contribution is -2.33. The van der Waals surface area contributed by atoms with E-state index in [0.717, 1.165) is 22.6 Å². The van der Waals surface area contributed by atoms with Crippen molar-refractivity contribution in [3.8, 4) is 0 Å². The summed E-state index contributed by atoms with van der Waals surface area (Å²) >= 11 is 7.37. The van der Waals surface area contributed by atoms with E-state index >= 15 is 0 Å². The molecule has 0 aliphatic carbocycles. The zero-order chi connectivity index (χ0) is 29.7. The van der Waals surface area contributed by atoms with Crippen molar-refractivity contribution in [2.45, 2.75) is 30.8 Å². The number of nitrogens with zero attached hydrogens (tertiary/aromatic N) is 2. The van der Waals surface area contributed by atoms with Gasteiger partial charge < -0.3 is 15.3 Å². The third kappa shape index (κ3) is 7.01. The first kappa shape index (κ1) is 29.9. The number of amides is 3. The highest BCUT2D eigenvalue weighted by Crippen LogP contribution is 2.38. The number of urea groups is 1. The van der Waals surface area contributed by atoms with E-state index < -0.39 is 34.7 Å². The summed E-state index contributed by atoms with van der Waals surface area (Å²) < 4.78 is 39.4. The van der Waals surface area contributed by atoms with Gasteiger partial charge in [0.15, 0.2) is 5.71 Å². The van der Waals surface area contributed by atoms with Crippen molar-refractivity contribution in [2.24, 2.45) is 5.10 Å². The van der Waals surface area contributed by atoms with E-state index in [9.17, 15) is 27.6 Å². The van der Waals surface area contributed by atoms with Gasteiger partial charge in [-0.05, 0) is 60.9 Å². The molecule has 0 spiro atoms.